The largest absolute Gasteiger partial charge is 0.370 e. The number of nitrogens with zero attached hydrogens (tertiary/aromatic N) is 3. The van der Waals surface area contributed by atoms with Crippen molar-refractivity contribution in [2.45, 2.75) is 19.9 Å². The molecule has 2 N–H and O–H groups in total. The predicted octanol–water partition coefficient (Wildman–Crippen LogP) is 2.90. The van der Waals surface area contributed by atoms with Crippen LogP contribution in [0.5, 0.6) is 0 Å². The Morgan fingerprint density at radius 2 is 1.83 bits per heavy atom. The van der Waals surface area contributed by atoms with Crippen LogP contribution < -0.4 is 10.6 Å². The minimum atomic E-state index is -0.232. The van der Waals surface area contributed by atoms with Gasteiger partial charge in [0.1, 0.15) is 11.6 Å². The SMILES string of the molecule is Cc1cc(NCCCN(C)C)nc(NCc2ccc(F)cc2)n1. The molecule has 0 radical (unpaired) electrons. The fourth-order valence-corrected chi connectivity index (χ4v) is 2.13. The van der Waals surface area contributed by atoms with Gasteiger partial charge in [-0.15, -0.1) is 0 Å². The molecule has 1 heterocycles. The van der Waals surface area contributed by atoms with E-state index in [1.165, 1.54) is 12.1 Å². The minimum Gasteiger partial charge on any atom is -0.370 e. The second-order valence-electron chi connectivity index (χ2n) is 5.78. The second kappa shape index (κ2) is 8.43. The van der Waals surface area contributed by atoms with Crippen LogP contribution in [0, 0.1) is 12.7 Å². The highest BCUT2D eigenvalue weighted by Gasteiger charge is 2.03. The fraction of sp³-hybridized carbons (Fsp3) is 0.412. The van der Waals surface area contributed by atoms with E-state index in [1.807, 2.05) is 13.0 Å². The molecule has 0 spiro atoms. The van der Waals surface area contributed by atoms with E-state index in [2.05, 4.69) is 39.6 Å². The van der Waals surface area contributed by atoms with E-state index < -0.39 is 0 Å². The number of benzene rings is 1. The molecule has 0 atom stereocenters. The number of hydrogen-bond donors (Lipinski definition) is 2. The van der Waals surface area contributed by atoms with Crippen molar-refractivity contribution >= 4 is 11.8 Å². The predicted molar refractivity (Wildman–Crippen MR) is 92.2 cm³/mol. The quantitative estimate of drug-likeness (QED) is 0.733. The highest BCUT2D eigenvalue weighted by molar-refractivity contribution is 5.42. The summed E-state index contributed by atoms with van der Waals surface area (Å²) in [6.45, 7) is 4.40. The summed E-state index contributed by atoms with van der Waals surface area (Å²) in [4.78, 5) is 11.0. The van der Waals surface area contributed by atoms with Gasteiger partial charge in [0.05, 0.1) is 0 Å². The molecule has 5 nitrogen and oxygen atoms in total. The van der Waals surface area contributed by atoms with E-state index in [9.17, 15) is 4.39 Å². The molecule has 0 amide bonds. The van der Waals surface area contributed by atoms with Crippen LogP contribution in [0.1, 0.15) is 17.7 Å². The number of rotatable bonds is 8. The third kappa shape index (κ3) is 6.20. The maximum absolute atomic E-state index is 12.9. The average molecular weight is 317 g/mol. The monoisotopic (exact) mass is 317 g/mol. The van der Waals surface area contributed by atoms with E-state index in [0.717, 1.165) is 36.6 Å². The number of hydrogen-bond acceptors (Lipinski definition) is 5. The standard InChI is InChI=1S/C17H24FN5/c1-13-11-16(19-9-4-10-23(2)3)22-17(21-13)20-12-14-5-7-15(18)8-6-14/h5-8,11H,4,9-10,12H2,1-3H3,(H2,19,20,21,22). The van der Waals surface area contributed by atoms with Crippen LogP contribution in [0.2, 0.25) is 0 Å². The maximum atomic E-state index is 12.9. The maximum Gasteiger partial charge on any atom is 0.225 e. The molecule has 1 aromatic carbocycles. The van der Waals surface area contributed by atoms with Gasteiger partial charge in [0.2, 0.25) is 5.95 Å². The van der Waals surface area contributed by atoms with Crippen molar-refractivity contribution in [1.82, 2.24) is 14.9 Å². The summed E-state index contributed by atoms with van der Waals surface area (Å²) in [5, 5.41) is 6.50. The molecule has 0 unspecified atom stereocenters. The zero-order valence-electron chi connectivity index (χ0n) is 13.9. The van der Waals surface area contributed by atoms with Gasteiger partial charge in [-0.1, -0.05) is 12.1 Å². The van der Waals surface area contributed by atoms with Crippen molar-refractivity contribution in [1.29, 1.82) is 0 Å². The van der Waals surface area contributed by atoms with Crippen molar-refractivity contribution < 1.29 is 4.39 Å². The van der Waals surface area contributed by atoms with Crippen molar-refractivity contribution in [3.8, 4) is 0 Å². The Morgan fingerprint density at radius 3 is 2.52 bits per heavy atom. The molecule has 23 heavy (non-hydrogen) atoms. The lowest BCUT2D eigenvalue weighted by Gasteiger charge is -2.12. The summed E-state index contributed by atoms with van der Waals surface area (Å²) >= 11 is 0. The molecular weight excluding hydrogens is 293 g/mol. The smallest absolute Gasteiger partial charge is 0.225 e. The first-order valence-electron chi connectivity index (χ1n) is 7.75. The van der Waals surface area contributed by atoms with Crippen LogP contribution in [0.15, 0.2) is 30.3 Å². The van der Waals surface area contributed by atoms with E-state index in [0.29, 0.717) is 12.5 Å². The van der Waals surface area contributed by atoms with E-state index >= 15 is 0 Å². The van der Waals surface area contributed by atoms with E-state index in [4.69, 9.17) is 0 Å². The van der Waals surface area contributed by atoms with E-state index in [1.54, 1.807) is 12.1 Å². The molecule has 6 heteroatoms. The summed E-state index contributed by atoms with van der Waals surface area (Å²) < 4.78 is 12.9. The number of nitrogens with one attached hydrogen (secondary N) is 2. The normalized spacial score (nSPS) is 10.8. The number of anilines is 2. The molecule has 124 valence electrons. The third-order valence-electron chi connectivity index (χ3n) is 3.31. The van der Waals surface area contributed by atoms with Crippen molar-refractivity contribution in [2.75, 3.05) is 37.8 Å². The lowest BCUT2D eigenvalue weighted by Crippen LogP contribution is -2.17. The van der Waals surface area contributed by atoms with Gasteiger partial charge in [-0.3, -0.25) is 0 Å². The molecule has 0 saturated heterocycles. The summed E-state index contributed by atoms with van der Waals surface area (Å²) in [6, 6.07) is 8.33. The van der Waals surface area contributed by atoms with E-state index in [-0.39, 0.29) is 5.82 Å². The Balaban J connectivity index is 1.90. The molecule has 1 aromatic heterocycles. The molecule has 2 aromatic rings. The van der Waals surface area contributed by atoms with Crippen LogP contribution >= 0.6 is 0 Å². The second-order valence-corrected chi connectivity index (χ2v) is 5.78. The highest BCUT2D eigenvalue weighted by atomic mass is 19.1. The fourth-order valence-electron chi connectivity index (χ4n) is 2.13. The van der Waals surface area contributed by atoms with Crippen molar-refractivity contribution in [2.24, 2.45) is 0 Å². The Hall–Kier alpha value is -2.21. The summed E-state index contributed by atoms with van der Waals surface area (Å²) in [5.74, 6) is 1.16. The van der Waals surface area contributed by atoms with Crippen LogP contribution in [-0.2, 0) is 6.54 Å². The van der Waals surface area contributed by atoms with Crippen LogP contribution in [-0.4, -0.2) is 42.1 Å². The summed E-state index contributed by atoms with van der Waals surface area (Å²) in [6.07, 6.45) is 1.05. The van der Waals surface area contributed by atoms with Gasteiger partial charge < -0.3 is 15.5 Å². The molecule has 0 bridgehead atoms. The number of aryl methyl sites for hydroxylation is 1. The first kappa shape index (κ1) is 17.1. The molecular formula is C17H24FN5. The minimum absolute atomic E-state index is 0.232. The lowest BCUT2D eigenvalue weighted by atomic mass is 10.2. The van der Waals surface area contributed by atoms with Crippen molar-refractivity contribution in [3.05, 3.63) is 47.4 Å². The Bertz CT molecular complexity index is 613. The zero-order valence-corrected chi connectivity index (χ0v) is 13.9. The molecule has 0 aliphatic rings. The first-order chi connectivity index (χ1) is 11.0. The molecule has 0 aliphatic carbocycles. The lowest BCUT2D eigenvalue weighted by molar-refractivity contribution is 0.405. The molecule has 2 rings (SSSR count). The van der Waals surface area contributed by atoms with Crippen LogP contribution in [0.3, 0.4) is 0 Å². The number of aromatic nitrogens is 2. The molecule has 0 saturated carbocycles. The topological polar surface area (TPSA) is 53.1 Å². The average Bonchev–Trinajstić information content (AvgIpc) is 2.50. The summed E-state index contributed by atoms with van der Waals surface area (Å²) in [7, 11) is 4.12. The van der Waals surface area contributed by atoms with Crippen LogP contribution in [0.4, 0.5) is 16.2 Å². The first-order valence-corrected chi connectivity index (χ1v) is 7.75. The van der Waals surface area contributed by atoms with Gasteiger partial charge in [-0.2, -0.15) is 4.98 Å². The van der Waals surface area contributed by atoms with Gasteiger partial charge in [-0.05, 0) is 51.7 Å². The van der Waals surface area contributed by atoms with Gasteiger partial charge >= 0.3 is 0 Å². The van der Waals surface area contributed by atoms with Gasteiger partial charge in [0.15, 0.2) is 0 Å². The molecule has 0 fully saturated rings. The Labute approximate surface area is 137 Å². The molecule has 0 aliphatic heterocycles. The highest BCUT2D eigenvalue weighted by Crippen LogP contribution is 2.11. The Morgan fingerprint density at radius 1 is 1.09 bits per heavy atom. The Kier molecular flexibility index (Phi) is 6.29. The zero-order chi connectivity index (χ0) is 16.7. The third-order valence-corrected chi connectivity index (χ3v) is 3.31. The van der Waals surface area contributed by atoms with Gasteiger partial charge in [0, 0.05) is 24.8 Å². The van der Waals surface area contributed by atoms with Gasteiger partial charge in [0.25, 0.3) is 0 Å². The van der Waals surface area contributed by atoms with Crippen LogP contribution in [0.25, 0.3) is 0 Å². The number of halogens is 1. The summed E-state index contributed by atoms with van der Waals surface area (Å²) in [5.41, 5.74) is 1.88. The van der Waals surface area contributed by atoms with Gasteiger partial charge in [-0.25, -0.2) is 9.37 Å². The van der Waals surface area contributed by atoms with Crippen molar-refractivity contribution in [3.63, 3.8) is 0 Å².